The summed E-state index contributed by atoms with van der Waals surface area (Å²) in [4.78, 5) is 20.2. The first-order valence-corrected chi connectivity index (χ1v) is 6.13. The van der Waals surface area contributed by atoms with Crippen molar-refractivity contribution in [2.75, 3.05) is 6.61 Å². The Morgan fingerprint density at radius 2 is 1.72 bits per heavy atom. The second-order valence-corrected chi connectivity index (χ2v) is 3.87. The van der Waals surface area contributed by atoms with Gasteiger partial charge in [0.15, 0.2) is 0 Å². The molecule has 0 heterocycles. The summed E-state index contributed by atoms with van der Waals surface area (Å²) in [5.41, 5.74) is 0.176. The lowest BCUT2D eigenvalue weighted by atomic mass is 10.2. The molecule has 0 bridgehead atoms. The van der Waals surface area contributed by atoms with Gasteiger partial charge in [-0.1, -0.05) is 45.8 Å². The minimum absolute atomic E-state index is 0.176. The van der Waals surface area contributed by atoms with Crippen LogP contribution in [0, 0.1) is 0 Å². The van der Waals surface area contributed by atoms with Gasteiger partial charge in [-0.2, -0.15) is 0 Å². The molecule has 18 heavy (non-hydrogen) atoms. The maximum atomic E-state index is 10.6. The molecule has 4 heteroatoms. The van der Waals surface area contributed by atoms with Crippen LogP contribution in [0.5, 0.6) is 0 Å². The van der Waals surface area contributed by atoms with Crippen molar-refractivity contribution in [2.24, 2.45) is 0 Å². The molecule has 0 aliphatic carbocycles. The first-order valence-electron chi connectivity index (χ1n) is 6.13. The Morgan fingerprint density at radius 3 is 2.11 bits per heavy atom. The molecular weight excluding hydrogens is 232 g/mol. The number of ether oxygens (including phenoxy) is 1. The standard InChI is InChI=1S/C10H18O2.C4H6O2/c1-3-5-6-7-8-9-12-10(11)4-2;1-3(2)4(5)6/h4H,2-3,5-9H2,1H3;1H2,2H3,(H,5,6). The maximum absolute atomic E-state index is 10.6. The Morgan fingerprint density at radius 1 is 1.22 bits per heavy atom. The Labute approximate surface area is 109 Å². The summed E-state index contributed by atoms with van der Waals surface area (Å²) in [6, 6.07) is 0. The fourth-order valence-corrected chi connectivity index (χ4v) is 0.937. The summed E-state index contributed by atoms with van der Waals surface area (Å²) in [6.45, 7) is 10.6. The van der Waals surface area contributed by atoms with Gasteiger partial charge in [0.05, 0.1) is 6.61 Å². The monoisotopic (exact) mass is 256 g/mol. The number of rotatable bonds is 8. The topological polar surface area (TPSA) is 63.6 Å². The van der Waals surface area contributed by atoms with E-state index in [0.717, 1.165) is 12.8 Å². The normalized spacial score (nSPS) is 8.78. The van der Waals surface area contributed by atoms with Crippen molar-refractivity contribution >= 4 is 11.9 Å². The van der Waals surface area contributed by atoms with Crippen LogP contribution in [0.15, 0.2) is 24.8 Å². The van der Waals surface area contributed by atoms with Crippen molar-refractivity contribution in [1.82, 2.24) is 0 Å². The molecule has 0 saturated heterocycles. The smallest absolute Gasteiger partial charge is 0.330 e. The zero-order valence-electron chi connectivity index (χ0n) is 11.4. The van der Waals surface area contributed by atoms with E-state index in [1.165, 1.54) is 32.3 Å². The van der Waals surface area contributed by atoms with Crippen molar-refractivity contribution < 1.29 is 19.4 Å². The summed E-state index contributed by atoms with van der Waals surface area (Å²) in [5.74, 6) is -1.25. The first-order chi connectivity index (χ1) is 8.45. The highest BCUT2D eigenvalue weighted by Gasteiger charge is 1.94. The van der Waals surface area contributed by atoms with E-state index in [1.54, 1.807) is 0 Å². The van der Waals surface area contributed by atoms with Gasteiger partial charge in [-0.3, -0.25) is 0 Å². The zero-order chi connectivity index (χ0) is 14.4. The van der Waals surface area contributed by atoms with Gasteiger partial charge in [0, 0.05) is 11.6 Å². The molecule has 104 valence electrons. The molecule has 0 spiro atoms. The van der Waals surface area contributed by atoms with Gasteiger partial charge in [0.25, 0.3) is 0 Å². The molecular formula is C14H24O4. The number of carbonyl (C=O) groups is 2. The number of unbranched alkanes of at least 4 members (excludes halogenated alkanes) is 4. The Hall–Kier alpha value is -1.58. The second kappa shape index (κ2) is 13.5. The average molecular weight is 256 g/mol. The molecule has 0 atom stereocenters. The van der Waals surface area contributed by atoms with Gasteiger partial charge < -0.3 is 9.84 Å². The minimum atomic E-state index is -0.935. The fourth-order valence-electron chi connectivity index (χ4n) is 0.937. The highest BCUT2D eigenvalue weighted by molar-refractivity contribution is 5.84. The Kier molecular flexibility index (Phi) is 14.1. The molecule has 0 aliphatic heterocycles. The van der Waals surface area contributed by atoms with Gasteiger partial charge in [0.2, 0.25) is 0 Å². The number of hydrogen-bond acceptors (Lipinski definition) is 3. The molecule has 0 aromatic heterocycles. The van der Waals surface area contributed by atoms with Crippen LogP contribution in [-0.2, 0) is 14.3 Å². The predicted molar refractivity (Wildman–Crippen MR) is 72.4 cm³/mol. The quantitative estimate of drug-likeness (QED) is 0.411. The van der Waals surface area contributed by atoms with Gasteiger partial charge in [0.1, 0.15) is 0 Å². The van der Waals surface area contributed by atoms with E-state index in [-0.39, 0.29) is 11.5 Å². The van der Waals surface area contributed by atoms with Crippen LogP contribution in [0.3, 0.4) is 0 Å². The minimum Gasteiger partial charge on any atom is -0.478 e. The number of hydrogen-bond donors (Lipinski definition) is 1. The van der Waals surface area contributed by atoms with Crippen LogP contribution in [0.4, 0.5) is 0 Å². The van der Waals surface area contributed by atoms with Gasteiger partial charge in [-0.15, -0.1) is 0 Å². The van der Waals surface area contributed by atoms with E-state index in [4.69, 9.17) is 9.84 Å². The second-order valence-electron chi connectivity index (χ2n) is 3.87. The first kappa shape index (κ1) is 18.8. The lowest BCUT2D eigenvalue weighted by molar-refractivity contribution is -0.138. The SMILES string of the molecule is C=C(C)C(=O)O.C=CC(=O)OCCCCCCC. The van der Waals surface area contributed by atoms with Crippen LogP contribution in [0.1, 0.15) is 46.0 Å². The number of esters is 1. The van der Waals surface area contributed by atoms with Crippen LogP contribution in [0.25, 0.3) is 0 Å². The van der Waals surface area contributed by atoms with Crippen LogP contribution in [0.2, 0.25) is 0 Å². The van der Waals surface area contributed by atoms with Crippen LogP contribution >= 0.6 is 0 Å². The third kappa shape index (κ3) is 16.8. The molecule has 0 fully saturated rings. The van der Waals surface area contributed by atoms with E-state index in [9.17, 15) is 9.59 Å². The van der Waals surface area contributed by atoms with Crippen molar-refractivity contribution in [3.8, 4) is 0 Å². The summed E-state index contributed by atoms with van der Waals surface area (Å²) in [7, 11) is 0. The maximum Gasteiger partial charge on any atom is 0.330 e. The van der Waals surface area contributed by atoms with Gasteiger partial charge in [-0.05, 0) is 13.3 Å². The molecule has 0 aromatic carbocycles. The van der Waals surface area contributed by atoms with Gasteiger partial charge >= 0.3 is 11.9 Å². The average Bonchev–Trinajstić information content (AvgIpc) is 2.33. The number of aliphatic carboxylic acids is 1. The van der Waals surface area contributed by atoms with Crippen molar-refractivity contribution in [1.29, 1.82) is 0 Å². The summed E-state index contributed by atoms with van der Waals surface area (Å²) >= 11 is 0. The molecule has 4 nitrogen and oxygen atoms in total. The van der Waals surface area contributed by atoms with E-state index in [2.05, 4.69) is 20.1 Å². The third-order valence-electron chi connectivity index (χ3n) is 2.02. The number of carboxylic acid groups (broad SMARTS) is 1. The molecule has 1 N–H and O–H groups in total. The largest absolute Gasteiger partial charge is 0.478 e. The van der Waals surface area contributed by atoms with E-state index < -0.39 is 5.97 Å². The third-order valence-corrected chi connectivity index (χ3v) is 2.02. The lowest BCUT2D eigenvalue weighted by Gasteiger charge is -2.00. The van der Waals surface area contributed by atoms with Crippen molar-refractivity contribution in [3.63, 3.8) is 0 Å². The Bertz CT molecular complexity index is 257. The molecule has 0 rings (SSSR count). The molecule has 0 radical (unpaired) electrons. The van der Waals surface area contributed by atoms with Crippen LogP contribution in [-0.4, -0.2) is 23.7 Å². The van der Waals surface area contributed by atoms with E-state index >= 15 is 0 Å². The molecule has 0 saturated carbocycles. The van der Waals surface area contributed by atoms with E-state index in [0.29, 0.717) is 6.61 Å². The highest BCUT2D eigenvalue weighted by Crippen LogP contribution is 2.02. The number of carboxylic acids is 1. The Balaban J connectivity index is 0. The molecule has 0 aliphatic rings. The summed E-state index contributed by atoms with van der Waals surface area (Å²) < 4.78 is 4.81. The lowest BCUT2D eigenvalue weighted by Crippen LogP contribution is -2.01. The van der Waals surface area contributed by atoms with Crippen molar-refractivity contribution in [3.05, 3.63) is 24.8 Å². The molecule has 0 unspecified atom stereocenters. The van der Waals surface area contributed by atoms with Crippen LogP contribution < -0.4 is 0 Å². The summed E-state index contributed by atoms with van der Waals surface area (Å²) in [6.07, 6.45) is 7.08. The predicted octanol–water partition coefficient (Wildman–Crippen LogP) is 3.33. The number of carbonyl (C=O) groups excluding carboxylic acids is 1. The van der Waals surface area contributed by atoms with Gasteiger partial charge in [-0.25, -0.2) is 9.59 Å². The highest BCUT2D eigenvalue weighted by atomic mass is 16.5. The van der Waals surface area contributed by atoms with E-state index in [1.807, 2.05) is 0 Å². The summed E-state index contributed by atoms with van der Waals surface area (Å²) in [5, 5.41) is 7.89. The molecule has 0 amide bonds. The zero-order valence-corrected chi connectivity index (χ0v) is 11.4. The molecule has 0 aromatic rings. The van der Waals surface area contributed by atoms with Crippen molar-refractivity contribution in [2.45, 2.75) is 46.0 Å². The fraction of sp³-hybridized carbons (Fsp3) is 0.571.